The van der Waals surface area contributed by atoms with Crippen LogP contribution in [0.1, 0.15) is 71.6 Å². The van der Waals surface area contributed by atoms with Crippen LogP contribution in [0.3, 0.4) is 0 Å². The van der Waals surface area contributed by atoms with E-state index in [0.29, 0.717) is 12.5 Å². The maximum Gasteiger partial charge on any atom is 0.223 e. The topological polar surface area (TPSA) is 55.1 Å². The van der Waals surface area contributed by atoms with Crippen LogP contribution in [0.5, 0.6) is 0 Å². The molecule has 0 aromatic heterocycles. The molecule has 2 fully saturated rings. The lowest BCUT2D eigenvalue weighted by molar-refractivity contribution is -0.128. The zero-order valence-corrected chi connectivity index (χ0v) is 13.3. The van der Waals surface area contributed by atoms with Gasteiger partial charge in [-0.3, -0.25) is 4.79 Å². The number of unbranched alkanes of at least 4 members (excludes halogenated alkanes) is 1. The fourth-order valence-electron chi connectivity index (χ4n) is 3.63. The van der Waals surface area contributed by atoms with Crippen LogP contribution in [-0.2, 0) is 4.79 Å². The number of hydrogen-bond donors (Lipinski definition) is 2. The number of hydrogen-bond acceptors (Lipinski definition) is 2. The van der Waals surface area contributed by atoms with E-state index < -0.39 is 0 Å². The number of amides is 1. The number of nitrogens with one attached hydrogen (secondary N) is 1. The molecule has 3 nitrogen and oxygen atoms in total. The molecular weight excluding hydrogens is 248 g/mol. The van der Waals surface area contributed by atoms with Gasteiger partial charge in [-0.2, -0.15) is 0 Å². The SMILES string of the molecule is CCCCC1CCC(C(=O)NC(C)(CN)C2CC2)CC1. The second-order valence-corrected chi connectivity index (χ2v) is 7.24. The minimum absolute atomic E-state index is 0.157. The molecule has 2 aliphatic carbocycles. The van der Waals surface area contributed by atoms with Crippen molar-refractivity contribution < 1.29 is 4.79 Å². The van der Waals surface area contributed by atoms with Crippen LogP contribution >= 0.6 is 0 Å². The molecule has 0 radical (unpaired) electrons. The summed E-state index contributed by atoms with van der Waals surface area (Å²) in [6, 6.07) is 0. The Morgan fingerprint density at radius 3 is 2.35 bits per heavy atom. The fraction of sp³-hybridized carbons (Fsp3) is 0.941. The largest absolute Gasteiger partial charge is 0.349 e. The summed E-state index contributed by atoms with van der Waals surface area (Å²) in [6.07, 6.45) is 11.0. The quantitative estimate of drug-likeness (QED) is 0.752. The lowest BCUT2D eigenvalue weighted by Gasteiger charge is -2.34. The Hall–Kier alpha value is -0.570. The van der Waals surface area contributed by atoms with Gasteiger partial charge in [0.1, 0.15) is 0 Å². The van der Waals surface area contributed by atoms with E-state index >= 15 is 0 Å². The third kappa shape index (κ3) is 3.97. The van der Waals surface area contributed by atoms with Crippen molar-refractivity contribution in [2.45, 2.75) is 77.2 Å². The van der Waals surface area contributed by atoms with E-state index in [2.05, 4.69) is 19.2 Å². The highest BCUT2D eigenvalue weighted by molar-refractivity contribution is 5.79. The summed E-state index contributed by atoms with van der Waals surface area (Å²) >= 11 is 0. The third-order valence-electron chi connectivity index (χ3n) is 5.49. The average molecular weight is 280 g/mol. The molecule has 2 saturated carbocycles. The molecule has 0 heterocycles. The van der Waals surface area contributed by atoms with Gasteiger partial charge in [0.05, 0.1) is 5.54 Å². The predicted octanol–water partition coefficient (Wildman–Crippen LogP) is 3.23. The van der Waals surface area contributed by atoms with Crippen molar-refractivity contribution in [1.29, 1.82) is 0 Å². The smallest absolute Gasteiger partial charge is 0.223 e. The Morgan fingerprint density at radius 2 is 1.85 bits per heavy atom. The molecule has 0 saturated heterocycles. The highest BCUT2D eigenvalue weighted by atomic mass is 16.2. The molecule has 2 rings (SSSR count). The van der Waals surface area contributed by atoms with Crippen molar-refractivity contribution in [3.63, 3.8) is 0 Å². The summed E-state index contributed by atoms with van der Waals surface area (Å²) in [5.74, 6) is 1.97. The van der Waals surface area contributed by atoms with Crippen LogP contribution in [-0.4, -0.2) is 18.0 Å². The Labute approximate surface area is 124 Å². The Morgan fingerprint density at radius 1 is 1.20 bits per heavy atom. The number of rotatable bonds is 7. The summed E-state index contributed by atoms with van der Waals surface area (Å²) < 4.78 is 0. The zero-order valence-electron chi connectivity index (χ0n) is 13.3. The first-order valence-corrected chi connectivity index (χ1v) is 8.61. The highest BCUT2D eigenvalue weighted by Crippen LogP contribution is 2.39. The lowest BCUT2D eigenvalue weighted by atomic mass is 9.79. The van der Waals surface area contributed by atoms with Crippen molar-refractivity contribution >= 4 is 5.91 Å². The zero-order chi connectivity index (χ0) is 14.6. The van der Waals surface area contributed by atoms with Crippen molar-refractivity contribution in [3.05, 3.63) is 0 Å². The maximum atomic E-state index is 12.5. The standard InChI is InChI=1S/C17H32N2O/c1-3-4-5-13-6-8-14(9-7-13)16(20)19-17(2,12-18)15-10-11-15/h13-15H,3-12,18H2,1-2H3,(H,19,20). The summed E-state index contributed by atoms with van der Waals surface area (Å²) in [6.45, 7) is 4.94. The van der Waals surface area contributed by atoms with Gasteiger partial charge < -0.3 is 11.1 Å². The second kappa shape index (κ2) is 6.93. The monoisotopic (exact) mass is 280 g/mol. The molecule has 1 unspecified atom stereocenters. The van der Waals surface area contributed by atoms with Gasteiger partial charge in [-0.1, -0.05) is 26.2 Å². The first-order valence-electron chi connectivity index (χ1n) is 8.61. The molecule has 1 atom stereocenters. The van der Waals surface area contributed by atoms with Gasteiger partial charge in [-0.25, -0.2) is 0 Å². The third-order valence-corrected chi connectivity index (χ3v) is 5.49. The summed E-state index contributed by atoms with van der Waals surface area (Å²) in [5.41, 5.74) is 5.73. The van der Waals surface area contributed by atoms with E-state index in [1.165, 1.54) is 44.9 Å². The lowest BCUT2D eigenvalue weighted by Crippen LogP contribution is -2.54. The molecular formula is C17H32N2O. The van der Waals surface area contributed by atoms with Crippen molar-refractivity contribution in [3.8, 4) is 0 Å². The summed E-state index contributed by atoms with van der Waals surface area (Å²) in [5, 5.41) is 3.27. The van der Waals surface area contributed by atoms with Crippen LogP contribution < -0.4 is 11.1 Å². The van der Waals surface area contributed by atoms with Gasteiger partial charge in [0, 0.05) is 12.5 Å². The summed E-state index contributed by atoms with van der Waals surface area (Å²) in [4.78, 5) is 12.5. The van der Waals surface area contributed by atoms with E-state index in [1.807, 2.05) is 0 Å². The number of carbonyl (C=O) groups excluding carboxylic acids is 1. The Balaban J connectivity index is 1.76. The van der Waals surface area contributed by atoms with Gasteiger partial charge in [0.25, 0.3) is 0 Å². The van der Waals surface area contributed by atoms with Crippen LogP contribution in [0.25, 0.3) is 0 Å². The van der Waals surface area contributed by atoms with Gasteiger partial charge in [-0.05, 0) is 57.3 Å². The molecule has 0 aliphatic heterocycles. The normalized spacial score (nSPS) is 29.8. The molecule has 0 aromatic carbocycles. The average Bonchev–Trinajstić information content (AvgIpc) is 3.30. The fourth-order valence-corrected chi connectivity index (χ4v) is 3.63. The second-order valence-electron chi connectivity index (χ2n) is 7.24. The van der Waals surface area contributed by atoms with Crippen molar-refractivity contribution in [2.24, 2.45) is 23.5 Å². The summed E-state index contributed by atoms with van der Waals surface area (Å²) in [7, 11) is 0. The van der Waals surface area contributed by atoms with E-state index in [0.717, 1.165) is 18.8 Å². The van der Waals surface area contributed by atoms with Crippen LogP contribution in [0.15, 0.2) is 0 Å². The molecule has 3 N–H and O–H groups in total. The number of nitrogens with two attached hydrogens (primary N) is 1. The van der Waals surface area contributed by atoms with E-state index in [9.17, 15) is 4.79 Å². The highest BCUT2D eigenvalue weighted by Gasteiger charge is 2.42. The first-order chi connectivity index (χ1) is 9.59. The van der Waals surface area contributed by atoms with E-state index in [-0.39, 0.29) is 17.4 Å². The Bertz CT molecular complexity index is 319. The molecule has 0 aromatic rings. The van der Waals surface area contributed by atoms with Crippen molar-refractivity contribution in [1.82, 2.24) is 5.32 Å². The molecule has 0 bridgehead atoms. The Kier molecular flexibility index (Phi) is 5.48. The molecule has 116 valence electrons. The maximum absolute atomic E-state index is 12.5. The van der Waals surface area contributed by atoms with Crippen LogP contribution in [0.4, 0.5) is 0 Å². The van der Waals surface area contributed by atoms with E-state index in [1.54, 1.807) is 0 Å². The van der Waals surface area contributed by atoms with Gasteiger partial charge in [-0.15, -0.1) is 0 Å². The minimum atomic E-state index is -0.157. The molecule has 2 aliphatic rings. The molecule has 3 heteroatoms. The van der Waals surface area contributed by atoms with Crippen LogP contribution in [0, 0.1) is 17.8 Å². The van der Waals surface area contributed by atoms with Gasteiger partial charge >= 0.3 is 0 Å². The first kappa shape index (κ1) is 15.8. The molecule has 0 spiro atoms. The predicted molar refractivity (Wildman–Crippen MR) is 83.3 cm³/mol. The molecule has 1 amide bonds. The minimum Gasteiger partial charge on any atom is -0.349 e. The number of carbonyl (C=O) groups is 1. The van der Waals surface area contributed by atoms with Gasteiger partial charge in [0.15, 0.2) is 0 Å². The van der Waals surface area contributed by atoms with Crippen molar-refractivity contribution in [2.75, 3.05) is 6.54 Å². The van der Waals surface area contributed by atoms with Gasteiger partial charge in [0.2, 0.25) is 5.91 Å². The van der Waals surface area contributed by atoms with Crippen LogP contribution in [0.2, 0.25) is 0 Å². The van der Waals surface area contributed by atoms with E-state index in [4.69, 9.17) is 5.73 Å². The molecule has 20 heavy (non-hydrogen) atoms.